The molecule has 1 aromatic heterocycles. The van der Waals surface area contributed by atoms with Crippen LogP contribution in [0, 0.1) is 6.92 Å². The van der Waals surface area contributed by atoms with Gasteiger partial charge >= 0.3 is 12.1 Å². The lowest BCUT2D eigenvalue weighted by molar-refractivity contribution is -0.149. The normalized spacial score (nSPS) is 13.1. The van der Waals surface area contributed by atoms with Crippen molar-refractivity contribution in [3.8, 4) is 11.3 Å². The Labute approximate surface area is 232 Å². The van der Waals surface area contributed by atoms with Crippen molar-refractivity contribution in [1.29, 1.82) is 0 Å². The van der Waals surface area contributed by atoms with E-state index in [0.717, 1.165) is 22.2 Å². The maximum absolute atomic E-state index is 13.8. The van der Waals surface area contributed by atoms with Gasteiger partial charge in [-0.25, -0.2) is 4.98 Å². The first-order valence-electron chi connectivity index (χ1n) is 12.2. The number of alkyl halides is 3. The van der Waals surface area contributed by atoms with Crippen molar-refractivity contribution in [2.24, 2.45) is 0 Å². The molecule has 0 fully saturated rings. The number of rotatable bonds is 7. The zero-order valence-electron chi connectivity index (χ0n) is 21.5. The molecule has 0 radical (unpaired) electrons. The van der Waals surface area contributed by atoms with E-state index in [9.17, 15) is 22.8 Å². The molecule has 0 aliphatic carbocycles. The lowest BCUT2D eigenvalue weighted by Gasteiger charge is -2.29. The van der Waals surface area contributed by atoms with E-state index < -0.39 is 29.0 Å². The molecule has 5 nitrogen and oxygen atoms in total. The summed E-state index contributed by atoms with van der Waals surface area (Å²) in [5, 5.41) is 3.40. The van der Waals surface area contributed by atoms with E-state index in [1.165, 1.54) is 19.1 Å². The monoisotopic (exact) mass is 598 g/mol. The van der Waals surface area contributed by atoms with Crippen LogP contribution in [-0.4, -0.2) is 30.0 Å². The fraction of sp³-hybridized carbons (Fsp3) is 0.233. The molecular weight excluding hydrogens is 573 g/mol. The number of halogens is 4. The van der Waals surface area contributed by atoms with Gasteiger partial charge in [-0.05, 0) is 56.2 Å². The van der Waals surface area contributed by atoms with Gasteiger partial charge in [-0.3, -0.25) is 9.59 Å². The van der Waals surface area contributed by atoms with Crippen LogP contribution in [0.3, 0.4) is 0 Å². The minimum atomic E-state index is -4.59. The third kappa shape index (κ3) is 5.83. The minimum Gasteiger partial charge on any atom is -0.465 e. The summed E-state index contributed by atoms with van der Waals surface area (Å²) in [7, 11) is 0. The molecule has 202 valence electrons. The zero-order valence-corrected chi connectivity index (χ0v) is 23.1. The number of carbonyl (C=O) groups excluding carboxylic acids is 2. The number of hydrogen-bond acceptors (Lipinski definition) is 4. The fourth-order valence-electron chi connectivity index (χ4n) is 4.47. The smallest absolute Gasteiger partial charge is 0.416 e. The Morgan fingerprint density at radius 1 is 0.974 bits per heavy atom. The summed E-state index contributed by atoms with van der Waals surface area (Å²) in [5.74, 6) is -1.23. The lowest BCUT2D eigenvalue weighted by Crippen LogP contribution is -2.45. The fourth-order valence-corrected chi connectivity index (χ4v) is 4.83. The van der Waals surface area contributed by atoms with Crippen LogP contribution < -0.4 is 5.32 Å². The van der Waals surface area contributed by atoms with Gasteiger partial charge in [0.1, 0.15) is 5.41 Å². The topological polar surface area (TPSA) is 68.3 Å². The van der Waals surface area contributed by atoms with Gasteiger partial charge in [0.05, 0.1) is 28.9 Å². The van der Waals surface area contributed by atoms with Crippen LogP contribution in [0.4, 0.5) is 13.2 Å². The van der Waals surface area contributed by atoms with Crippen LogP contribution in [0.2, 0.25) is 0 Å². The number of pyridine rings is 1. The van der Waals surface area contributed by atoms with Crippen molar-refractivity contribution in [3.63, 3.8) is 0 Å². The highest BCUT2D eigenvalue weighted by atomic mass is 79.9. The molecule has 4 rings (SSSR count). The average molecular weight is 599 g/mol. The molecule has 4 aromatic rings. The average Bonchev–Trinajstić information content (AvgIpc) is 2.91. The van der Waals surface area contributed by atoms with Crippen LogP contribution in [0.5, 0.6) is 0 Å². The number of nitrogens with one attached hydrogen (secondary N) is 1. The first-order chi connectivity index (χ1) is 18.5. The third-order valence-corrected chi connectivity index (χ3v) is 7.11. The summed E-state index contributed by atoms with van der Waals surface area (Å²) in [6.07, 6.45) is -4.59. The van der Waals surface area contributed by atoms with E-state index in [0.29, 0.717) is 27.7 Å². The second-order valence-electron chi connectivity index (χ2n) is 9.30. The second-order valence-corrected chi connectivity index (χ2v) is 10.2. The summed E-state index contributed by atoms with van der Waals surface area (Å²) in [6, 6.07) is 19.4. The standard InChI is InChI=1S/C30H26BrF3N2O3/c1-4-39-28(38)29(3,20-11-8-12-21(15-20)30(32,33)34)17-35-27(37)25-18(2)26(19-9-6-5-7-10-19)36-24-14-13-22(31)16-23(24)25/h5-16H,4,17H2,1-3H3,(H,35,37). The lowest BCUT2D eigenvalue weighted by atomic mass is 9.81. The van der Waals surface area contributed by atoms with E-state index in [1.807, 2.05) is 36.4 Å². The quantitative estimate of drug-likeness (QED) is 0.228. The van der Waals surface area contributed by atoms with Crippen molar-refractivity contribution < 1.29 is 27.5 Å². The van der Waals surface area contributed by atoms with Crippen molar-refractivity contribution in [2.75, 3.05) is 13.2 Å². The van der Waals surface area contributed by atoms with Crippen molar-refractivity contribution in [1.82, 2.24) is 10.3 Å². The number of amides is 1. The van der Waals surface area contributed by atoms with E-state index in [-0.39, 0.29) is 18.7 Å². The Bertz CT molecular complexity index is 1540. The van der Waals surface area contributed by atoms with E-state index in [2.05, 4.69) is 21.2 Å². The summed E-state index contributed by atoms with van der Waals surface area (Å²) in [5.41, 5.74) is 0.647. The van der Waals surface area contributed by atoms with E-state index >= 15 is 0 Å². The van der Waals surface area contributed by atoms with Crippen LogP contribution in [0.25, 0.3) is 22.2 Å². The SMILES string of the molecule is CCOC(=O)C(C)(CNC(=O)c1c(C)c(-c2ccccc2)nc2ccc(Br)cc12)c1cccc(C(F)(F)F)c1. The van der Waals surface area contributed by atoms with E-state index in [1.54, 1.807) is 26.0 Å². The predicted octanol–water partition coefficient (Wildman–Crippen LogP) is 7.24. The number of hydrogen-bond donors (Lipinski definition) is 1. The van der Waals surface area contributed by atoms with Gasteiger partial charge < -0.3 is 10.1 Å². The maximum Gasteiger partial charge on any atom is 0.416 e. The Morgan fingerprint density at radius 2 is 1.67 bits per heavy atom. The molecule has 1 heterocycles. The molecule has 9 heteroatoms. The summed E-state index contributed by atoms with van der Waals surface area (Å²) < 4.78 is 46.3. The third-order valence-electron chi connectivity index (χ3n) is 6.62. The number of esters is 1. The largest absolute Gasteiger partial charge is 0.465 e. The highest BCUT2D eigenvalue weighted by Gasteiger charge is 2.40. The van der Waals surface area contributed by atoms with Crippen molar-refractivity contribution in [2.45, 2.75) is 32.4 Å². The van der Waals surface area contributed by atoms with Crippen LogP contribution in [0.1, 0.15) is 40.9 Å². The number of fused-ring (bicyclic) bond motifs is 1. The first-order valence-corrected chi connectivity index (χ1v) is 13.0. The number of carbonyl (C=O) groups is 2. The molecule has 0 aliphatic heterocycles. The van der Waals surface area contributed by atoms with Gasteiger partial charge in [0.2, 0.25) is 0 Å². The van der Waals surface area contributed by atoms with Crippen molar-refractivity contribution in [3.05, 3.63) is 99.5 Å². The van der Waals surface area contributed by atoms with E-state index in [4.69, 9.17) is 9.72 Å². The summed E-state index contributed by atoms with van der Waals surface area (Å²) >= 11 is 3.45. The van der Waals surface area contributed by atoms with Crippen LogP contribution >= 0.6 is 15.9 Å². The molecule has 1 amide bonds. The molecule has 1 unspecified atom stereocenters. The Kier molecular flexibility index (Phi) is 8.11. The highest BCUT2D eigenvalue weighted by Crippen LogP contribution is 2.34. The van der Waals surface area contributed by atoms with Gasteiger partial charge in [0, 0.05) is 22.0 Å². The van der Waals surface area contributed by atoms with Crippen LogP contribution in [0.15, 0.2) is 77.3 Å². The van der Waals surface area contributed by atoms with Gasteiger partial charge in [-0.1, -0.05) is 64.5 Å². The predicted molar refractivity (Wildman–Crippen MR) is 147 cm³/mol. The molecule has 1 N–H and O–H groups in total. The van der Waals surface area contributed by atoms with Crippen LogP contribution in [-0.2, 0) is 21.1 Å². The first kappa shape index (κ1) is 28.3. The molecular formula is C30H26BrF3N2O3. The summed E-state index contributed by atoms with van der Waals surface area (Å²) in [6.45, 7) is 4.61. The number of ether oxygens (including phenoxy) is 1. The van der Waals surface area contributed by atoms with Crippen molar-refractivity contribution >= 4 is 38.7 Å². The molecule has 3 aromatic carbocycles. The minimum absolute atomic E-state index is 0.0316. The molecule has 0 aliphatic rings. The Balaban J connectivity index is 1.78. The van der Waals surface area contributed by atoms with Gasteiger partial charge in [0.25, 0.3) is 5.91 Å². The maximum atomic E-state index is 13.8. The molecule has 0 spiro atoms. The number of benzene rings is 3. The summed E-state index contributed by atoms with van der Waals surface area (Å²) in [4.78, 5) is 31.6. The van der Waals surface area contributed by atoms with Gasteiger partial charge in [-0.15, -0.1) is 0 Å². The Hall–Kier alpha value is -3.72. The van der Waals surface area contributed by atoms with Gasteiger partial charge in [-0.2, -0.15) is 13.2 Å². The number of aromatic nitrogens is 1. The molecule has 0 saturated heterocycles. The highest BCUT2D eigenvalue weighted by molar-refractivity contribution is 9.10. The number of nitrogens with zero attached hydrogens (tertiary/aromatic N) is 1. The molecule has 0 saturated carbocycles. The van der Waals surface area contributed by atoms with Gasteiger partial charge in [0.15, 0.2) is 0 Å². The molecule has 1 atom stereocenters. The molecule has 0 bridgehead atoms. The molecule has 39 heavy (non-hydrogen) atoms. The zero-order chi connectivity index (χ0) is 28.4. The Morgan fingerprint density at radius 3 is 2.33 bits per heavy atom. The second kappa shape index (κ2) is 11.2.